The maximum absolute atomic E-state index is 11.0. The molecular weight excluding hydrogens is 580 g/mol. The van der Waals surface area contributed by atoms with E-state index in [1.807, 2.05) is 37.3 Å². The van der Waals surface area contributed by atoms with E-state index in [0.717, 1.165) is 54.7 Å². The molecule has 4 rings (SSSR count). The number of fused-ring (bicyclic) bond motifs is 1. The van der Waals surface area contributed by atoms with Crippen LogP contribution in [0.25, 0.3) is 5.76 Å². The molecule has 0 bridgehead atoms. The molecule has 7 N–H and O–H groups in total. The second-order valence-electron chi connectivity index (χ2n) is 9.90. The number of carbonyl (C=O) groups excluding carboxylic acids is 2. The summed E-state index contributed by atoms with van der Waals surface area (Å²) in [5, 5.41) is 52.8. The van der Waals surface area contributed by atoms with E-state index in [4.69, 9.17) is 34.7 Å². The fraction of sp³-hybridized carbons (Fsp3) is 0.448. The predicted octanol–water partition coefficient (Wildman–Crippen LogP) is -0.572. The summed E-state index contributed by atoms with van der Waals surface area (Å²) in [4.78, 5) is 43.6. The van der Waals surface area contributed by atoms with Crippen LogP contribution in [-0.2, 0) is 35.3 Å². The van der Waals surface area contributed by atoms with Crippen LogP contribution >= 0.6 is 0 Å². The van der Waals surface area contributed by atoms with Crippen LogP contribution in [-0.4, -0.2) is 111 Å². The number of primary amides is 1. The number of carboxylic acids is 2. The van der Waals surface area contributed by atoms with Gasteiger partial charge in [-0.25, -0.2) is 14.4 Å². The van der Waals surface area contributed by atoms with Crippen LogP contribution in [0.1, 0.15) is 41.2 Å². The summed E-state index contributed by atoms with van der Waals surface area (Å²) in [6.07, 6.45) is 0.936. The summed E-state index contributed by atoms with van der Waals surface area (Å²) in [5.41, 5.74) is 8.33. The zero-order valence-electron chi connectivity index (χ0n) is 24.3. The van der Waals surface area contributed by atoms with Crippen molar-refractivity contribution in [2.75, 3.05) is 33.3 Å². The van der Waals surface area contributed by atoms with Gasteiger partial charge < -0.3 is 50.5 Å². The Morgan fingerprint density at radius 2 is 1.77 bits per heavy atom. The van der Waals surface area contributed by atoms with Gasteiger partial charge in [0.05, 0.1) is 13.2 Å². The molecule has 0 spiro atoms. The van der Waals surface area contributed by atoms with Crippen molar-refractivity contribution >= 4 is 30.0 Å². The quantitative estimate of drug-likeness (QED) is 0.158. The number of methoxy groups -OCH3 is 1. The highest BCUT2D eigenvalue weighted by Crippen LogP contribution is 2.34. The number of carbonyl (C=O) groups is 3. The molecule has 3 heterocycles. The average Bonchev–Trinajstić information content (AvgIpc) is 3.45. The van der Waals surface area contributed by atoms with Crippen LogP contribution in [0.4, 0.5) is 0 Å². The number of nitrogens with two attached hydrogens (primary N) is 1. The Morgan fingerprint density at radius 3 is 2.27 bits per heavy atom. The molecule has 1 amide bonds. The van der Waals surface area contributed by atoms with Crippen molar-refractivity contribution in [2.24, 2.45) is 5.73 Å². The number of amides is 1. The number of hydrogen-bond acceptors (Lipinski definition) is 12. The average molecular weight is 617 g/mol. The van der Waals surface area contributed by atoms with E-state index in [0.29, 0.717) is 30.5 Å². The van der Waals surface area contributed by atoms with Gasteiger partial charge in [-0.15, -0.1) is 0 Å². The summed E-state index contributed by atoms with van der Waals surface area (Å²) in [7, 11) is 1.59. The standard InChI is InChI=1S/C24H27N3O4.C4H6O6.CH3NO/c1-16-19(3-4-20-21(16)15-31-24(20)14-28)22(29)13-26-8-5-18(6-9-26)27-10-7-23(30-2)17(11-25)12-27;5-1(3(7)8)2(6)4(9)10;2-1-3/h3-4,7,12,18,22,29H,5-6,8-10,13,15H2,1-2H3;1-2,5-6H,(H,7,8)(H,9,10);1H,(H2,2,3)/t22-;;/m0../s1. The number of carboxylic acid groups (broad SMARTS) is 2. The minimum atomic E-state index is -2.27. The number of β-amino-alcohol motifs (C(OH)–C–C–N with tert-alkyl or cyclic N) is 1. The Labute approximate surface area is 253 Å². The van der Waals surface area contributed by atoms with E-state index in [-0.39, 0.29) is 12.2 Å². The van der Waals surface area contributed by atoms with Crippen molar-refractivity contribution in [3.8, 4) is 6.07 Å². The van der Waals surface area contributed by atoms with Crippen molar-refractivity contribution in [1.29, 1.82) is 5.26 Å². The predicted molar refractivity (Wildman–Crippen MR) is 153 cm³/mol. The molecule has 1 saturated heterocycles. The SMILES string of the molecule is COC1=CCN(C2CCN(C[C@H](O)c3ccc4c(c3C)COC4=C=O)CC2)C=C1C#N.NC=O.O=C(O)C(O)C(O)C(=O)O. The Hall–Kier alpha value is -4.71. The van der Waals surface area contributed by atoms with Gasteiger partial charge in [0.2, 0.25) is 12.2 Å². The molecule has 3 atom stereocenters. The first-order chi connectivity index (χ1) is 20.9. The van der Waals surface area contributed by atoms with E-state index in [2.05, 4.69) is 21.6 Å². The molecule has 3 aliphatic heterocycles. The molecule has 15 heteroatoms. The Bertz CT molecular complexity index is 1340. The normalized spacial score (nSPS) is 18.1. The number of aliphatic hydroxyl groups is 3. The second kappa shape index (κ2) is 16.8. The van der Waals surface area contributed by atoms with Crippen molar-refractivity contribution in [3.63, 3.8) is 0 Å². The van der Waals surface area contributed by atoms with E-state index < -0.39 is 30.3 Å². The molecule has 1 fully saturated rings. The van der Waals surface area contributed by atoms with Crippen LogP contribution in [0.15, 0.2) is 35.7 Å². The van der Waals surface area contributed by atoms with Gasteiger partial charge in [0.25, 0.3) is 0 Å². The fourth-order valence-electron chi connectivity index (χ4n) is 5.00. The van der Waals surface area contributed by atoms with Gasteiger partial charge in [0, 0.05) is 49.5 Å². The zero-order chi connectivity index (χ0) is 33.0. The minimum Gasteiger partial charge on any atom is -0.496 e. The highest BCUT2D eigenvalue weighted by molar-refractivity contribution is 5.86. The first-order valence-corrected chi connectivity index (χ1v) is 13.4. The summed E-state index contributed by atoms with van der Waals surface area (Å²) < 4.78 is 10.7. The first-order valence-electron chi connectivity index (χ1n) is 13.4. The molecule has 0 aliphatic carbocycles. The lowest BCUT2D eigenvalue weighted by atomic mass is 9.94. The van der Waals surface area contributed by atoms with Crippen LogP contribution in [0.2, 0.25) is 0 Å². The zero-order valence-corrected chi connectivity index (χ0v) is 24.3. The largest absolute Gasteiger partial charge is 0.496 e. The van der Waals surface area contributed by atoms with Crippen LogP contribution in [0.3, 0.4) is 0 Å². The van der Waals surface area contributed by atoms with E-state index in [1.54, 1.807) is 7.11 Å². The molecule has 3 aliphatic rings. The maximum Gasteiger partial charge on any atom is 0.335 e. The Morgan fingerprint density at radius 1 is 1.18 bits per heavy atom. The van der Waals surface area contributed by atoms with Crippen LogP contribution in [0, 0.1) is 18.3 Å². The number of nitriles is 1. The first kappa shape index (κ1) is 35.5. The van der Waals surface area contributed by atoms with Gasteiger partial charge in [-0.3, -0.25) is 4.79 Å². The molecule has 0 aromatic heterocycles. The van der Waals surface area contributed by atoms with Crippen LogP contribution in [0.5, 0.6) is 0 Å². The van der Waals surface area contributed by atoms with Crippen LogP contribution < -0.4 is 5.73 Å². The molecule has 1 aromatic carbocycles. The van der Waals surface area contributed by atoms with Gasteiger partial charge >= 0.3 is 11.9 Å². The van der Waals surface area contributed by atoms with E-state index in [9.17, 15) is 24.8 Å². The monoisotopic (exact) mass is 616 g/mol. The third-order valence-corrected chi connectivity index (χ3v) is 7.35. The van der Waals surface area contributed by atoms with Crippen molar-refractivity contribution < 1.29 is 54.2 Å². The van der Waals surface area contributed by atoms with Gasteiger partial charge in [-0.1, -0.05) is 6.07 Å². The molecule has 0 saturated carbocycles. The lowest BCUT2D eigenvalue weighted by Crippen LogP contribution is -2.44. The van der Waals surface area contributed by atoms with E-state index in [1.165, 1.54) is 0 Å². The Kier molecular flexibility index (Phi) is 13.6. The number of nitrogens with zero attached hydrogens (tertiary/aromatic N) is 3. The summed E-state index contributed by atoms with van der Waals surface area (Å²) in [6.45, 7) is 5.41. The summed E-state index contributed by atoms with van der Waals surface area (Å²) in [5.74, 6) is -0.801. The number of ether oxygens (including phenoxy) is 2. The molecule has 0 radical (unpaired) electrons. The number of benzene rings is 1. The molecule has 15 nitrogen and oxygen atoms in total. The molecule has 238 valence electrons. The number of aliphatic carboxylic acids is 2. The van der Waals surface area contributed by atoms with Crippen molar-refractivity contribution in [1.82, 2.24) is 9.80 Å². The number of likely N-dealkylation sites (tertiary alicyclic amines) is 1. The molecular formula is C29H36N4O11. The summed E-state index contributed by atoms with van der Waals surface area (Å²) in [6, 6.07) is 6.31. The lowest BCUT2D eigenvalue weighted by molar-refractivity contribution is -0.165. The van der Waals surface area contributed by atoms with Gasteiger partial charge in [0.15, 0.2) is 18.1 Å². The van der Waals surface area contributed by atoms with Gasteiger partial charge in [-0.2, -0.15) is 5.26 Å². The third-order valence-electron chi connectivity index (χ3n) is 7.35. The van der Waals surface area contributed by atoms with Crippen molar-refractivity contribution in [2.45, 2.75) is 50.7 Å². The molecule has 2 unspecified atom stereocenters. The topological polar surface area (TPSA) is 244 Å². The second-order valence-corrected chi connectivity index (χ2v) is 9.90. The highest BCUT2D eigenvalue weighted by Gasteiger charge is 2.30. The number of rotatable bonds is 8. The summed E-state index contributed by atoms with van der Waals surface area (Å²) >= 11 is 0. The highest BCUT2D eigenvalue weighted by atomic mass is 16.5. The smallest absolute Gasteiger partial charge is 0.335 e. The third kappa shape index (κ3) is 8.90. The number of aliphatic hydroxyl groups excluding tert-OH is 3. The number of piperidine rings is 1. The molecule has 44 heavy (non-hydrogen) atoms. The lowest BCUT2D eigenvalue weighted by Gasteiger charge is -2.39. The van der Waals surface area contributed by atoms with Gasteiger partial charge in [-0.05, 0) is 43.0 Å². The number of hydrogen-bond donors (Lipinski definition) is 6. The fourth-order valence-corrected chi connectivity index (χ4v) is 5.00. The maximum atomic E-state index is 11.0. The van der Waals surface area contributed by atoms with Gasteiger partial charge in [0.1, 0.15) is 24.0 Å². The minimum absolute atomic E-state index is 0.250. The van der Waals surface area contributed by atoms with E-state index >= 15 is 0 Å². The number of allylic oxidation sites excluding steroid dienone is 1. The van der Waals surface area contributed by atoms with Crippen molar-refractivity contribution in [3.05, 3.63) is 58.0 Å². The Balaban J connectivity index is 0.000000439. The molecule has 1 aromatic rings.